The minimum absolute atomic E-state index is 0.00672. The van der Waals surface area contributed by atoms with Gasteiger partial charge in [0.2, 0.25) is 10.0 Å². The van der Waals surface area contributed by atoms with E-state index in [0.717, 1.165) is 6.07 Å². The Morgan fingerprint density at radius 2 is 2.17 bits per heavy atom. The van der Waals surface area contributed by atoms with Crippen molar-refractivity contribution in [1.29, 1.82) is 0 Å². The number of carboxylic acid groups (broad SMARTS) is 1. The van der Waals surface area contributed by atoms with Crippen LogP contribution in [0.3, 0.4) is 0 Å². The van der Waals surface area contributed by atoms with Crippen molar-refractivity contribution < 1.29 is 18.3 Å². The van der Waals surface area contributed by atoms with Crippen LogP contribution in [0.25, 0.3) is 0 Å². The van der Waals surface area contributed by atoms with Crippen LogP contribution in [0.15, 0.2) is 23.1 Å². The molecule has 0 aliphatic carbocycles. The SMILES string of the molecule is CC#CCNS(=O)(=O)c1ccc(I)c(C(=O)O)c1. The van der Waals surface area contributed by atoms with Crippen LogP contribution in [0.1, 0.15) is 17.3 Å². The summed E-state index contributed by atoms with van der Waals surface area (Å²) >= 11 is 1.84. The predicted molar refractivity (Wildman–Crippen MR) is 74.8 cm³/mol. The lowest BCUT2D eigenvalue weighted by Gasteiger charge is -2.06. The van der Waals surface area contributed by atoms with Crippen molar-refractivity contribution in [2.45, 2.75) is 11.8 Å². The third kappa shape index (κ3) is 3.69. The number of benzene rings is 1. The minimum Gasteiger partial charge on any atom is -0.478 e. The zero-order valence-electron chi connectivity index (χ0n) is 9.40. The van der Waals surface area contributed by atoms with Crippen LogP contribution in [-0.2, 0) is 10.0 Å². The molecule has 0 aliphatic rings. The summed E-state index contributed by atoms with van der Waals surface area (Å²) in [4.78, 5) is 10.8. The topological polar surface area (TPSA) is 83.5 Å². The molecule has 0 atom stereocenters. The quantitative estimate of drug-likeness (QED) is 0.610. The molecule has 0 amide bonds. The Morgan fingerprint density at radius 1 is 1.50 bits per heavy atom. The maximum atomic E-state index is 11.8. The molecule has 1 aromatic carbocycles. The molecule has 1 aromatic rings. The average molecular weight is 379 g/mol. The highest BCUT2D eigenvalue weighted by Gasteiger charge is 2.17. The van der Waals surface area contributed by atoms with E-state index in [1.807, 2.05) is 22.6 Å². The Bertz CT molecular complexity index is 628. The molecular weight excluding hydrogens is 369 g/mol. The van der Waals surface area contributed by atoms with E-state index in [1.165, 1.54) is 12.1 Å². The summed E-state index contributed by atoms with van der Waals surface area (Å²) in [7, 11) is -3.72. The lowest BCUT2D eigenvalue weighted by atomic mass is 10.2. The van der Waals surface area contributed by atoms with Gasteiger partial charge in [-0.3, -0.25) is 0 Å². The first-order chi connectivity index (χ1) is 8.38. The van der Waals surface area contributed by atoms with E-state index in [1.54, 1.807) is 6.92 Å². The molecule has 5 nitrogen and oxygen atoms in total. The fourth-order valence-corrected chi connectivity index (χ4v) is 2.65. The van der Waals surface area contributed by atoms with Crippen molar-refractivity contribution in [3.8, 4) is 11.8 Å². The zero-order valence-corrected chi connectivity index (χ0v) is 12.4. The van der Waals surface area contributed by atoms with Crippen LogP contribution in [0, 0.1) is 15.4 Å². The van der Waals surface area contributed by atoms with Gasteiger partial charge < -0.3 is 5.11 Å². The van der Waals surface area contributed by atoms with Crippen LogP contribution in [0.4, 0.5) is 0 Å². The Morgan fingerprint density at radius 3 is 2.72 bits per heavy atom. The second kappa shape index (κ2) is 6.17. The molecule has 18 heavy (non-hydrogen) atoms. The molecule has 0 aliphatic heterocycles. The summed E-state index contributed by atoms with van der Waals surface area (Å²) in [5.74, 6) is 3.96. The smallest absolute Gasteiger partial charge is 0.336 e. The molecule has 0 saturated heterocycles. The van der Waals surface area contributed by atoms with Gasteiger partial charge in [-0.25, -0.2) is 13.2 Å². The maximum Gasteiger partial charge on any atom is 0.336 e. The summed E-state index contributed by atoms with van der Waals surface area (Å²) < 4.78 is 26.4. The number of aromatic carboxylic acids is 1. The second-order valence-corrected chi connectivity index (χ2v) is 6.13. The van der Waals surface area contributed by atoms with Gasteiger partial charge in [-0.05, 0) is 47.7 Å². The third-order valence-corrected chi connectivity index (χ3v) is 4.35. The van der Waals surface area contributed by atoms with Crippen LogP contribution >= 0.6 is 22.6 Å². The highest BCUT2D eigenvalue weighted by molar-refractivity contribution is 14.1. The Labute approximate surface area is 119 Å². The lowest BCUT2D eigenvalue weighted by molar-refractivity contribution is 0.0695. The summed E-state index contributed by atoms with van der Waals surface area (Å²) in [5.41, 5.74) is -0.0416. The molecule has 0 aromatic heterocycles. The number of sulfonamides is 1. The number of carboxylic acids is 1. The van der Waals surface area contributed by atoms with Crippen molar-refractivity contribution in [3.05, 3.63) is 27.3 Å². The monoisotopic (exact) mass is 379 g/mol. The molecule has 0 saturated carbocycles. The maximum absolute atomic E-state index is 11.8. The summed E-state index contributed by atoms with van der Waals surface area (Å²) in [6, 6.07) is 3.94. The second-order valence-electron chi connectivity index (χ2n) is 3.20. The van der Waals surface area contributed by atoms with Gasteiger partial charge in [-0.2, -0.15) is 4.72 Å². The van der Waals surface area contributed by atoms with E-state index in [4.69, 9.17) is 5.11 Å². The van der Waals surface area contributed by atoms with Crippen molar-refractivity contribution >= 4 is 38.6 Å². The highest BCUT2D eigenvalue weighted by Crippen LogP contribution is 2.17. The van der Waals surface area contributed by atoms with E-state index in [-0.39, 0.29) is 17.0 Å². The zero-order chi connectivity index (χ0) is 13.8. The molecule has 0 heterocycles. The number of carbonyl (C=O) groups is 1. The number of halogens is 1. The molecule has 96 valence electrons. The normalized spacial score (nSPS) is 10.6. The van der Waals surface area contributed by atoms with E-state index in [0.29, 0.717) is 3.57 Å². The van der Waals surface area contributed by atoms with Crippen LogP contribution in [0.5, 0.6) is 0 Å². The van der Waals surface area contributed by atoms with Gasteiger partial charge in [0.05, 0.1) is 17.0 Å². The predicted octanol–water partition coefficient (Wildman–Crippen LogP) is 1.29. The highest BCUT2D eigenvalue weighted by atomic mass is 127. The average Bonchev–Trinajstić information content (AvgIpc) is 2.29. The van der Waals surface area contributed by atoms with Crippen molar-refractivity contribution in [2.75, 3.05) is 6.54 Å². The first kappa shape index (κ1) is 14.9. The molecule has 1 rings (SSSR count). The Kier molecular flexibility index (Phi) is 5.13. The largest absolute Gasteiger partial charge is 0.478 e. The molecule has 0 bridgehead atoms. The van der Waals surface area contributed by atoms with Crippen LogP contribution in [0.2, 0.25) is 0 Å². The van der Waals surface area contributed by atoms with Crippen molar-refractivity contribution in [2.24, 2.45) is 0 Å². The molecule has 7 heteroatoms. The van der Waals surface area contributed by atoms with Gasteiger partial charge in [0.15, 0.2) is 0 Å². The molecule has 0 spiro atoms. The van der Waals surface area contributed by atoms with Gasteiger partial charge >= 0.3 is 5.97 Å². The fraction of sp³-hybridized carbons (Fsp3) is 0.182. The number of hydrogen-bond donors (Lipinski definition) is 2. The lowest BCUT2D eigenvalue weighted by Crippen LogP contribution is -2.24. The van der Waals surface area contributed by atoms with E-state index >= 15 is 0 Å². The number of hydrogen-bond acceptors (Lipinski definition) is 3. The fourth-order valence-electron chi connectivity index (χ4n) is 1.14. The van der Waals surface area contributed by atoms with Crippen molar-refractivity contribution in [3.63, 3.8) is 0 Å². The van der Waals surface area contributed by atoms with E-state index in [2.05, 4.69) is 16.6 Å². The third-order valence-electron chi connectivity index (χ3n) is 2.01. The standard InChI is InChI=1S/C11H10INO4S/c1-2-3-6-13-18(16,17)8-4-5-10(12)9(7-8)11(14)15/h4-5,7,13H,6H2,1H3,(H,14,15). The van der Waals surface area contributed by atoms with Crippen molar-refractivity contribution in [1.82, 2.24) is 4.72 Å². The number of nitrogens with one attached hydrogen (secondary N) is 1. The van der Waals surface area contributed by atoms with Crippen LogP contribution < -0.4 is 4.72 Å². The molecule has 2 N–H and O–H groups in total. The molecular formula is C11H10INO4S. The van der Waals surface area contributed by atoms with Crippen LogP contribution in [-0.4, -0.2) is 26.0 Å². The van der Waals surface area contributed by atoms with Gasteiger partial charge in [0.1, 0.15) is 0 Å². The summed E-state index contributed by atoms with van der Waals surface area (Å²) in [5, 5.41) is 8.93. The van der Waals surface area contributed by atoms with Gasteiger partial charge in [-0.1, -0.05) is 5.92 Å². The molecule has 0 unspecified atom stereocenters. The first-order valence-electron chi connectivity index (χ1n) is 4.80. The summed E-state index contributed by atoms with van der Waals surface area (Å²) in [6.45, 7) is 1.59. The van der Waals surface area contributed by atoms with Gasteiger partial charge in [-0.15, -0.1) is 5.92 Å². The van der Waals surface area contributed by atoms with E-state index in [9.17, 15) is 13.2 Å². The molecule has 0 radical (unpaired) electrons. The van der Waals surface area contributed by atoms with Gasteiger partial charge in [0.25, 0.3) is 0 Å². The summed E-state index contributed by atoms with van der Waals surface area (Å²) in [6.07, 6.45) is 0. The number of rotatable bonds is 4. The molecule has 0 fully saturated rings. The van der Waals surface area contributed by atoms with Gasteiger partial charge in [0, 0.05) is 3.57 Å². The minimum atomic E-state index is -3.72. The Balaban J connectivity index is 3.12. The first-order valence-corrected chi connectivity index (χ1v) is 7.37. The van der Waals surface area contributed by atoms with E-state index < -0.39 is 16.0 Å². The Hall–Kier alpha value is -1.11.